The molecule has 6 heteroatoms. The molecule has 0 bridgehead atoms. The van der Waals surface area contributed by atoms with Gasteiger partial charge in [-0.05, 0) is 49.8 Å². The Balaban J connectivity index is 2.15. The van der Waals surface area contributed by atoms with Crippen LogP contribution in [0.4, 0.5) is 0 Å². The highest BCUT2D eigenvalue weighted by molar-refractivity contribution is 6.04. The number of esters is 1. The maximum Gasteiger partial charge on any atom is 0.336 e. The molecule has 1 aromatic carbocycles. The third-order valence-electron chi connectivity index (χ3n) is 5.72. The molecule has 0 radical (unpaired) electrons. The molecule has 6 nitrogen and oxygen atoms in total. The Bertz CT molecular complexity index is 941. The molecule has 0 fully saturated rings. The van der Waals surface area contributed by atoms with E-state index in [0.717, 1.165) is 29.8 Å². The number of dihydropyridines is 1. The first kappa shape index (κ1) is 22.9. The predicted octanol–water partition coefficient (Wildman–Crippen LogP) is 4.65. The third-order valence-corrected chi connectivity index (χ3v) is 5.72. The van der Waals surface area contributed by atoms with Gasteiger partial charge >= 0.3 is 5.97 Å². The van der Waals surface area contributed by atoms with E-state index in [2.05, 4.69) is 19.2 Å². The number of hydrogen-bond donors (Lipinski definition) is 1. The van der Waals surface area contributed by atoms with E-state index in [9.17, 15) is 9.59 Å². The Kier molecular flexibility index (Phi) is 6.77. The summed E-state index contributed by atoms with van der Waals surface area (Å²) in [4.78, 5) is 26.2. The number of ketones is 1. The average molecular weight is 428 g/mol. The van der Waals surface area contributed by atoms with Gasteiger partial charge in [-0.3, -0.25) is 4.79 Å². The van der Waals surface area contributed by atoms with Gasteiger partial charge in [-0.25, -0.2) is 4.79 Å². The lowest BCUT2D eigenvalue weighted by Gasteiger charge is -2.39. The molecule has 0 saturated carbocycles. The van der Waals surface area contributed by atoms with E-state index >= 15 is 0 Å². The molecule has 168 valence electrons. The minimum atomic E-state index is -0.506. The van der Waals surface area contributed by atoms with E-state index in [-0.39, 0.29) is 17.8 Å². The third kappa shape index (κ3) is 4.63. The van der Waals surface area contributed by atoms with Crippen LogP contribution in [0.25, 0.3) is 0 Å². The second-order valence-electron chi connectivity index (χ2n) is 8.91. The van der Waals surface area contributed by atoms with Crippen LogP contribution < -0.4 is 14.8 Å². The molecule has 0 amide bonds. The van der Waals surface area contributed by atoms with E-state index in [0.29, 0.717) is 35.7 Å². The minimum Gasteiger partial charge on any atom is -0.493 e. The number of benzene rings is 1. The van der Waals surface area contributed by atoms with Crippen molar-refractivity contribution in [1.82, 2.24) is 5.32 Å². The van der Waals surface area contributed by atoms with Crippen LogP contribution in [0.5, 0.6) is 11.5 Å². The van der Waals surface area contributed by atoms with Crippen molar-refractivity contribution in [3.63, 3.8) is 0 Å². The van der Waals surface area contributed by atoms with Gasteiger partial charge in [0, 0.05) is 29.3 Å². The topological polar surface area (TPSA) is 73.9 Å². The lowest BCUT2D eigenvalue weighted by Crippen LogP contribution is -2.38. The van der Waals surface area contributed by atoms with Crippen molar-refractivity contribution in [2.24, 2.45) is 5.41 Å². The van der Waals surface area contributed by atoms with Gasteiger partial charge in [0.25, 0.3) is 0 Å². The molecule has 1 aliphatic carbocycles. The van der Waals surface area contributed by atoms with Crippen LogP contribution in [0, 0.1) is 5.41 Å². The van der Waals surface area contributed by atoms with Crippen molar-refractivity contribution >= 4 is 11.8 Å². The summed E-state index contributed by atoms with van der Waals surface area (Å²) in [6, 6.07) is 5.63. The van der Waals surface area contributed by atoms with Gasteiger partial charge in [0.1, 0.15) is 0 Å². The number of methoxy groups -OCH3 is 1. The van der Waals surface area contributed by atoms with Crippen LogP contribution in [0.2, 0.25) is 0 Å². The van der Waals surface area contributed by atoms with Gasteiger partial charge in [-0.15, -0.1) is 0 Å². The fraction of sp³-hybridized carbons (Fsp3) is 0.520. The summed E-state index contributed by atoms with van der Waals surface area (Å²) in [6.07, 6.45) is 2.06. The normalized spacial score (nSPS) is 20.2. The lowest BCUT2D eigenvalue weighted by atomic mass is 9.68. The number of ether oxygens (including phenoxy) is 3. The Morgan fingerprint density at radius 2 is 1.94 bits per heavy atom. The summed E-state index contributed by atoms with van der Waals surface area (Å²) >= 11 is 0. The molecule has 1 aromatic rings. The first-order valence-electron chi connectivity index (χ1n) is 10.9. The number of carbonyl (C=O) groups is 2. The van der Waals surface area contributed by atoms with E-state index in [1.807, 2.05) is 32.0 Å². The molecule has 1 aliphatic heterocycles. The van der Waals surface area contributed by atoms with Crippen LogP contribution in [-0.2, 0) is 14.3 Å². The molecule has 0 saturated heterocycles. The van der Waals surface area contributed by atoms with Gasteiger partial charge in [-0.1, -0.05) is 26.8 Å². The zero-order valence-electron chi connectivity index (χ0n) is 19.4. The Morgan fingerprint density at radius 3 is 2.58 bits per heavy atom. The van der Waals surface area contributed by atoms with Crippen LogP contribution in [0.1, 0.15) is 65.4 Å². The highest BCUT2D eigenvalue weighted by Gasteiger charge is 2.43. The fourth-order valence-corrected chi connectivity index (χ4v) is 4.44. The van der Waals surface area contributed by atoms with Crippen LogP contribution in [0.15, 0.2) is 40.7 Å². The highest BCUT2D eigenvalue weighted by atomic mass is 16.5. The standard InChI is InChI=1S/C25H33NO5/c1-7-11-31-19-10-9-16(12-20(19)29-6)22-21(24(28)30-8-2)15(3)26-17-13-25(4,5)14-18(27)23(17)22/h9-10,12,22,26H,7-8,11,13-14H2,1-6H3. The summed E-state index contributed by atoms with van der Waals surface area (Å²) in [5.74, 6) is 0.366. The number of rotatable bonds is 7. The van der Waals surface area contributed by atoms with Crippen molar-refractivity contribution < 1.29 is 23.8 Å². The van der Waals surface area contributed by atoms with Crippen molar-refractivity contribution in [3.8, 4) is 11.5 Å². The summed E-state index contributed by atoms with van der Waals surface area (Å²) < 4.78 is 16.7. The number of allylic oxidation sites excluding steroid dienone is 3. The summed E-state index contributed by atoms with van der Waals surface area (Å²) in [5, 5.41) is 3.34. The highest BCUT2D eigenvalue weighted by Crippen LogP contribution is 2.47. The number of carbonyl (C=O) groups excluding carboxylic acids is 2. The molecule has 1 unspecified atom stereocenters. The van der Waals surface area contributed by atoms with Crippen LogP contribution in [0.3, 0.4) is 0 Å². The lowest BCUT2D eigenvalue weighted by molar-refractivity contribution is -0.138. The number of nitrogens with one attached hydrogen (secondary N) is 1. The quantitative estimate of drug-likeness (QED) is 0.639. The molecule has 1 atom stereocenters. The average Bonchev–Trinajstić information content (AvgIpc) is 2.70. The first-order chi connectivity index (χ1) is 14.7. The van der Waals surface area contributed by atoms with E-state index in [1.165, 1.54) is 0 Å². The second kappa shape index (κ2) is 9.16. The smallest absolute Gasteiger partial charge is 0.336 e. The van der Waals surface area contributed by atoms with Crippen molar-refractivity contribution in [1.29, 1.82) is 0 Å². The van der Waals surface area contributed by atoms with E-state index in [4.69, 9.17) is 14.2 Å². The molecule has 1 N–H and O–H groups in total. The van der Waals surface area contributed by atoms with Crippen molar-refractivity contribution in [3.05, 3.63) is 46.3 Å². The van der Waals surface area contributed by atoms with E-state index in [1.54, 1.807) is 14.0 Å². The number of Topliss-reactive ketones (excluding diaryl/α,β-unsaturated/α-hetero) is 1. The van der Waals surface area contributed by atoms with E-state index < -0.39 is 11.9 Å². The molecular formula is C25H33NO5. The Morgan fingerprint density at radius 1 is 1.19 bits per heavy atom. The largest absolute Gasteiger partial charge is 0.493 e. The zero-order valence-corrected chi connectivity index (χ0v) is 19.4. The van der Waals surface area contributed by atoms with Gasteiger partial charge in [-0.2, -0.15) is 0 Å². The monoisotopic (exact) mass is 427 g/mol. The van der Waals surface area contributed by atoms with Gasteiger partial charge in [0.05, 0.1) is 25.9 Å². The Hall–Kier alpha value is -2.76. The maximum atomic E-state index is 13.3. The molecule has 2 aliphatic rings. The van der Waals surface area contributed by atoms with Crippen LogP contribution in [-0.4, -0.2) is 32.1 Å². The molecule has 3 rings (SSSR count). The minimum absolute atomic E-state index is 0.0586. The molecule has 0 aromatic heterocycles. The first-order valence-corrected chi connectivity index (χ1v) is 10.9. The van der Waals surface area contributed by atoms with Crippen molar-refractivity contribution in [2.45, 2.75) is 59.8 Å². The molecule has 31 heavy (non-hydrogen) atoms. The molecular weight excluding hydrogens is 394 g/mol. The van der Waals surface area contributed by atoms with Gasteiger partial charge in [0.15, 0.2) is 17.3 Å². The second-order valence-corrected chi connectivity index (χ2v) is 8.91. The fourth-order valence-electron chi connectivity index (χ4n) is 4.44. The molecule has 1 heterocycles. The maximum absolute atomic E-state index is 13.3. The number of hydrogen-bond acceptors (Lipinski definition) is 6. The van der Waals surface area contributed by atoms with Gasteiger partial charge in [0.2, 0.25) is 0 Å². The summed E-state index contributed by atoms with van der Waals surface area (Å²) in [5.41, 5.74) is 3.41. The van der Waals surface area contributed by atoms with Crippen molar-refractivity contribution in [2.75, 3.05) is 20.3 Å². The SMILES string of the molecule is CCCOc1ccc(C2C(C(=O)OCC)=C(C)NC3=C2C(=O)CC(C)(C)C3)cc1OC. The van der Waals surface area contributed by atoms with Gasteiger partial charge < -0.3 is 19.5 Å². The Labute approximate surface area is 184 Å². The predicted molar refractivity (Wildman–Crippen MR) is 119 cm³/mol. The molecule has 0 spiro atoms. The summed E-state index contributed by atoms with van der Waals surface area (Å²) in [6.45, 7) is 10.7. The zero-order chi connectivity index (χ0) is 22.8. The van der Waals surface area contributed by atoms with Crippen LogP contribution >= 0.6 is 0 Å². The summed E-state index contributed by atoms with van der Waals surface area (Å²) in [7, 11) is 1.59.